The summed E-state index contributed by atoms with van der Waals surface area (Å²) in [7, 11) is 0. The monoisotopic (exact) mass is 332 g/mol. The minimum Gasteiger partial charge on any atom is -0.508 e. The van der Waals surface area contributed by atoms with Gasteiger partial charge in [-0.3, -0.25) is 4.98 Å². The fourth-order valence-corrected chi connectivity index (χ4v) is 4.42. The van der Waals surface area contributed by atoms with Crippen LogP contribution in [0.5, 0.6) is 5.75 Å². The zero-order chi connectivity index (χ0) is 17.7. The lowest BCUT2D eigenvalue weighted by Crippen LogP contribution is -2.50. The van der Waals surface area contributed by atoms with E-state index in [1.165, 1.54) is 5.56 Å². The summed E-state index contributed by atoms with van der Waals surface area (Å²) in [6.45, 7) is 5.00. The highest BCUT2D eigenvalue weighted by Gasteiger charge is 2.51. The van der Waals surface area contributed by atoms with Crippen LogP contribution >= 0.6 is 0 Å². The van der Waals surface area contributed by atoms with Crippen LogP contribution in [0.2, 0.25) is 0 Å². The second-order valence-electron chi connectivity index (χ2n) is 7.58. The van der Waals surface area contributed by atoms with Gasteiger partial charge in [-0.1, -0.05) is 50.2 Å². The van der Waals surface area contributed by atoms with Crippen LogP contribution < -0.4 is 5.73 Å². The van der Waals surface area contributed by atoms with Crippen LogP contribution in [-0.2, 0) is 11.8 Å². The van der Waals surface area contributed by atoms with E-state index >= 15 is 0 Å². The molecule has 2 atom stereocenters. The summed E-state index contributed by atoms with van der Waals surface area (Å²) in [4.78, 5) is 4.94. The second kappa shape index (κ2) is 5.57. The largest absolute Gasteiger partial charge is 0.508 e. The maximum absolute atomic E-state index is 10.6. The molecule has 4 rings (SSSR count). The molecule has 1 heterocycles. The summed E-state index contributed by atoms with van der Waals surface area (Å²) in [6.07, 6.45) is 1.86. The Balaban J connectivity index is 2.07. The number of aromatic hydroxyl groups is 1. The molecule has 0 fully saturated rings. The predicted molar refractivity (Wildman–Crippen MR) is 102 cm³/mol. The molecule has 0 radical (unpaired) electrons. The number of hydrogen-bond acceptors (Lipinski definition) is 3. The van der Waals surface area contributed by atoms with Gasteiger partial charge in [0.05, 0.1) is 5.52 Å². The van der Waals surface area contributed by atoms with E-state index in [1.807, 2.05) is 30.3 Å². The molecule has 2 unspecified atom stereocenters. The number of aromatic nitrogens is 1. The Morgan fingerprint density at radius 2 is 1.76 bits per heavy atom. The number of para-hydroxylation sites is 2. The van der Waals surface area contributed by atoms with Crippen molar-refractivity contribution in [1.82, 2.24) is 4.98 Å². The van der Waals surface area contributed by atoms with Gasteiger partial charge < -0.3 is 10.8 Å². The predicted octanol–water partition coefficient (Wildman–Crippen LogP) is 4.16. The van der Waals surface area contributed by atoms with Crippen LogP contribution in [0.3, 0.4) is 0 Å². The van der Waals surface area contributed by atoms with Gasteiger partial charge in [-0.15, -0.1) is 0 Å². The van der Waals surface area contributed by atoms with Crippen LogP contribution in [0, 0.1) is 5.41 Å². The van der Waals surface area contributed by atoms with Crippen molar-refractivity contribution in [2.45, 2.75) is 32.1 Å². The highest BCUT2D eigenvalue weighted by atomic mass is 16.3. The van der Waals surface area contributed by atoms with Gasteiger partial charge in [-0.25, -0.2) is 0 Å². The quantitative estimate of drug-likeness (QED) is 0.741. The first-order valence-corrected chi connectivity index (χ1v) is 8.87. The van der Waals surface area contributed by atoms with E-state index in [1.54, 1.807) is 6.07 Å². The molecule has 0 bridgehead atoms. The van der Waals surface area contributed by atoms with E-state index in [2.05, 4.69) is 32.0 Å². The lowest BCUT2D eigenvalue weighted by atomic mass is 9.53. The lowest BCUT2D eigenvalue weighted by Gasteiger charge is -2.51. The molecule has 1 aromatic heterocycles. The average molecular weight is 332 g/mol. The van der Waals surface area contributed by atoms with Crippen LogP contribution in [0.4, 0.5) is 0 Å². The highest BCUT2D eigenvalue weighted by molar-refractivity contribution is 5.80. The minimum absolute atomic E-state index is 0.150. The van der Waals surface area contributed by atoms with Crippen LogP contribution in [0.15, 0.2) is 54.6 Å². The van der Waals surface area contributed by atoms with E-state index in [0.29, 0.717) is 12.3 Å². The molecule has 3 heteroatoms. The SMILES string of the molecule is CC1(CN)CCc2nc3ccccc3cc2C1(C)c1ccccc1O. The summed E-state index contributed by atoms with van der Waals surface area (Å²) in [5, 5.41) is 11.8. The number of fused-ring (bicyclic) bond motifs is 2. The Kier molecular flexibility index (Phi) is 3.58. The standard InChI is InChI=1S/C22H24N2O/c1-21(14-23)12-11-19-17(13-15-7-3-5-9-18(15)24-19)22(21,2)16-8-4-6-10-20(16)25/h3-10,13,25H,11-12,14,23H2,1-2H3. The molecule has 1 aliphatic carbocycles. The molecule has 0 aliphatic heterocycles. The molecule has 128 valence electrons. The maximum atomic E-state index is 10.6. The second-order valence-corrected chi connectivity index (χ2v) is 7.58. The normalized spacial score (nSPS) is 25.7. The van der Waals surface area contributed by atoms with Gasteiger partial charge in [0.25, 0.3) is 0 Å². The molecule has 25 heavy (non-hydrogen) atoms. The molecule has 0 saturated carbocycles. The lowest BCUT2D eigenvalue weighted by molar-refractivity contribution is 0.163. The number of nitrogens with two attached hydrogens (primary N) is 1. The Hall–Kier alpha value is -2.39. The van der Waals surface area contributed by atoms with Crippen molar-refractivity contribution < 1.29 is 5.11 Å². The highest BCUT2D eigenvalue weighted by Crippen LogP contribution is 2.55. The van der Waals surface area contributed by atoms with E-state index in [0.717, 1.165) is 35.0 Å². The van der Waals surface area contributed by atoms with Gasteiger partial charge in [0.2, 0.25) is 0 Å². The fourth-order valence-electron chi connectivity index (χ4n) is 4.42. The van der Waals surface area contributed by atoms with Gasteiger partial charge >= 0.3 is 0 Å². The van der Waals surface area contributed by atoms with Gasteiger partial charge in [0, 0.05) is 22.1 Å². The number of pyridine rings is 1. The molecule has 3 N–H and O–H groups in total. The Labute approximate surface area is 148 Å². The first-order valence-electron chi connectivity index (χ1n) is 8.87. The molecule has 1 aliphatic rings. The Morgan fingerprint density at radius 1 is 1.04 bits per heavy atom. The van der Waals surface area contributed by atoms with E-state index in [-0.39, 0.29) is 5.41 Å². The van der Waals surface area contributed by atoms with Crippen molar-refractivity contribution in [2.24, 2.45) is 11.1 Å². The van der Waals surface area contributed by atoms with Crippen LogP contribution in [0.1, 0.15) is 37.1 Å². The van der Waals surface area contributed by atoms with E-state index in [9.17, 15) is 5.11 Å². The van der Waals surface area contributed by atoms with Crippen molar-refractivity contribution in [2.75, 3.05) is 6.54 Å². The third kappa shape index (κ3) is 2.19. The number of aryl methyl sites for hydroxylation is 1. The summed E-state index contributed by atoms with van der Waals surface area (Å²) in [5.74, 6) is 0.325. The minimum atomic E-state index is -0.391. The molecule has 0 spiro atoms. The van der Waals surface area contributed by atoms with Gasteiger partial charge in [-0.05, 0) is 48.6 Å². The van der Waals surface area contributed by atoms with Crippen molar-refractivity contribution in [1.29, 1.82) is 0 Å². The number of phenols is 1. The first-order chi connectivity index (χ1) is 12.0. The molecular weight excluding hydrogens is 308 g/mol. The van der Waals surface area contributed by atoms with Crippen molar-refractivity contribution >= 4 is 10.9 Å². The van der Waals surface area contributed by atoms with Crippen molar-refractivity contribution in [3.05, 3.63) is 71.4 Å². The smallest absolute Gasteiger partial charge is 0.119 e. The summed E-state index contributed by atoms with van der Waals surface area (Å²) in [6, 6.07) is 18.1. The van der Waals surface area contributed by atoms with E-state index in [4.69, 9.17) is 10.7 Å². The Morgan fingerprint density at radius 3 is 2.52 bits per heavy atom. The maximum Gasteiger partial charge on any atom is 0.119 e. The van der Waals surface area contributed by atoms with Gasteiger partial charge in [0.1, 0.15) is 5.75 Å². The third-order valence-corrected chi connectivity index (χ3v) is 6.36. The van der Waals surface area contributed by atoms with Gasteiger partial charge in [-0.2, -0.15) is 0 Å². The molecule has 3 nitrogen and oxygen atoms in total. The topological polar surface area (TPSA) is 59.1 Å². The fraction of sp³-hybridized carbons (Fsp3) is 0.318. The summed E-state index contributed by atoms with van der Waals surface area (Å²) < 4.78 is 0. The molecule has 2 aromatic carbocycles. The summed E-state index contributed by atoms with van der Waals surface area (Å²) in [5.41, 5.74) is 9.99. The number of hydrogen-bond donors (Lipinski definition) is 2. The summed E-state index contributed by atoms with van der Waals surface area (Å²) >= 11 is 0. The van der Waals surface area contributed by atoms with Crippen LogP contribution in [-0.4, -0.2) is 16.6 Å². The first kappa shape index (κ1) is 16.1. The van der Waals surface area contributed by atoms with Crippen molar-refractivity contribution in [3.63, 3.8) is 0 Å². The Bertz CT molecular complexity index is 952. The van der Waals surface area contributed by atoms with E-state index < -0.39 is 5.41 Å². The zero-order valence-electron chi connectivity index (χ0n) is 14.8. The molecule has 0 amide bonds. The third-order valence-electron chi connectivity index (χ3n) is 6.36. The molecular formula is C22H24N2O. The number of phenolic OH excluding ortho intramolecular Hbond substituents is 1. The van der Waals surface area contributed by atoms with Gasteiger partial charge in [0.15, 0.2) is 0 Å². The molecule has 0 saturated heterocycles. The van der Waals surface area contributed by atoms with Crippen LogP contribution in [0.25, 0.3) is 10.9 Å². The number of benzene rings is 2. The number of rotatable bonds is 2. The number of nitrogens with zero attached hydrogens (tertiary/aromatic N) is 1. The zero-order valence-corrected chi connectivity index (χ0v) is 14.8. The average Bonchev–Trinajstić information content (AvgIpc) is 2.64. The molecule has 3 aromatic rings. The van der Waals surface area contributed by atoms with Crippen molar-refractivity contribution in [3.8, 4) is 5.75 Å².